The Morgan fingerprint density at radius 3 is 1.86 bits per heavy atom. The highest BCUT2D eigenvalue weighted by Crippen LogP contribution is 2.25. The molecule has 0 saturated carbocycles. The lowest BCUT2D eigenvalue weighted by molar-refractivity contribution is 0.497. The lowest BCUT2D eigenvalue weighted by Crippen LogP contribution is -2.00. The van der Waals surface area contributed by atoms with E-state index in [0.717, 1.165) is 44.1 Å². The van der Waals surface area contributed by atoms with Gasteiger partial charge in [0.15, 0.2) is 17.5 Å². The highest BCUT2D eigenvalue weighted by Gasteiger charge is 2.16. The zero-order valence-corrected chi connectivity index (χ0v) is 18.2. The van der Waals surface area contributed by atoms with Gasteiger partial charge in [-0.3, -0.25) is 0 Å². The fraction of sp³-hybridized carbons (Fsp3) is 0.600. The summed E-state index contributed by atoms with van der Waals surface area (Å²) in [5.41, 5.74) is 1.64. The van der Waals surface area contributed by atoms with Crippen molar-refractivity contribution in [2.75, 3.05) is 0 Å². The van der Waals surface area contributed by atoms with Crippen molar-refractivity contribution in [2.24, 2.45) is 0 Å². The van der Waals surface area contributed by atoms with Gasteiger partial charge in [0.25, 0.3) is 0 Å². The molecule has 2 nitrogen and oxygen atoms in total. The normalized spacial score (nSPS) is 11.2. The van der Waals surface area contributed by atoms with Crippen LogP contribution in [0.15, 0.2) is 24.5 Å². The van der Waals surface area contributed by atoms with E-state index in [0.29, 0.717) is 12.0 Å². The van der Waals surface area contributed by atoms with Crippen LogP contribution in [0.25, 0.3) is 11.4 Å². The Bertz CT molecular complexity index is 714. The first kappa shape index (κ1) is 23.4. The van der Waals surface area contributed by atoms with Gasteiger partial charge in [-0.25, -0.2) is 18.7 Å². The van der Waals surface area contributed by atoms with E-state index in [4.69, 9.17) is 0 Å². The molecule has 29 heavy (non-hydrogen) atoms. The van der Waals surface area contributed by atoms with E-state index in [-0.39, 0.29) is 11.4 Å². The number of aryl methyl sites for hydroxylation is 2. The Hall–Kier alpha value is -1.84. The maximum absolute atomic E-state index is 14.5. The molecule has 0 atom stereocenters. The minimum atomic E-state index is -0.835. The van der Waals surface area contributed by atoms with Crippen molar-refractivity contribution >= 4 is 0 Å². The first-order chi connectivity index (χ1) is 14.2. The third-order valence-corrected chi connectivity index (χ3v) is 5.48. The number of halogens is 2. The van der Waals surface area contributed by atoms with Crippen LogP contribution in [-0.4, -0.2) is 9.97 Å². The van der Waals surface area contributed by atoms with Gasteiger partial charge >= 0.3 is 0 Å². The summed E-state index contributed by atoms with van der Waals surface area (Å²) in [5.74, 6) is -1.34. The molecule has 2 rings (SSSR count). The molecule has 1 heterocycles. The van der Waals surface area contributed by atoms with Crippen molar-refractivity contribution in [3.05, 3.63) is 47.3 Å². The van der Waals surface area contributed by atoms with E-state index in [2.05, 4.69) is 23.8 Å². The van der Waals surface area contributed by atoms with Crippen molar-refractivity contribution in [1.29, 1.82) is 0 Å². The van der Waals surface area contributed by atoms with Crippen LogP contribution < -0.4 is 0 Å². The fourth-order valence-electron chi connectivity index (χ4n) is 3.61. The number of hydrogen-bond acceptors (Lipinski definition) is 2. The molecule has 2 aromatic rings. The largest absolute Gasteiger partial charge is 0.236 e. The van der Waals surface area contributed by atoms with Crippen LogP contribution >= 0.6 is 0 Å². The number of aromatic nitrogens is 2. The van der Waals surface area contributed by atoms with E-state index in [1.165, 1.54) is 38.5 Å². The minimum absolute atomic E-state index is 0.141. The molecule has 0 unspecified atom stereocenters. The molecule has 0 radical (unpaired) electrons. The number of benzene rings is 1. The van der Waals surface area contributed by atoms with Crippen LogP contribution in [0.2, 0.25) is 0 Å². The molecular formula is C25H36F2N2. The summed E-state index contributed by atoms with van der Waals surface area (Å²) in [6.07, 6.45) is 18.0. The van der Waals surface area contributed by atoms with Gasteiger partial charge in [-0.1, -0.05) is 77.7 Å². The monoisotopic (exact) mass is 402 g/mol. The summed E-state index contributed by atoms with van der Waals surface area (Å²) < 4.78 is 29.0. The molecule has 160 valence electrons. The highest BCUT2D eigenvalue weighted by atomic mass is 19.2. The standard InChI is InChI=1S/C25H36F2N2/c1-3-5-7-9-10-11-12-14-20-18-28-25(29-19-20)22-17-16-21(23(26)24(22)27)15-13-8-6-4-2/h16-19H,3-15H2,1-2H3. The van der Waals surface area contributed by atoms with Crippen LogP contribution in [0.3, 0.4) is 0 Å². The van der Waals surface area contributed by atoms with Crippen molar-refractivity contribution in [3.8, 4) is 11.4 Å². The zero-order chi connectivity index (χ0) is 20.9. The van der Waals surface area contributed by atoms with Crippen LogP contribution in [0.4, 0.5) is 8.78 Å². The zero-order valence-electron chi connectivity index (χ0n) is 18.2. The Balaban J connectivity index is 1.88. The number of nitrogens with zero attached hydrogens (tertiary/aromatic N) is 2. The molecule has 0 aliphatic heterocycles. The summed E-state index contributed by atoms with van der Waals surface area (Å²) in [7, 11) is 0. The van der Waals surface area contributed by atoms with E-state index in [1.54, 1.807) is 24.5 Å². The second kappa shape index (κ2) is 13.4. The maximum Gasteiger partial charge on any atom is 0.170 e. The molecule has 0 aliphatic rings. The molecular weight excluding hydrogens is 366 g/mol. The molecule has 4 heteroatoms. The highest BCUT2D eigenvalue weighted by molar-refractivity contribution is 5.56. The molecule has 0 bridgehead atoms. The Labute approximate surface area is 175 Å². The molecule has 1 aromatic heterocycles. The number of unbranched alkanes of at least 4 members (excludes halogenated alkanes) is 9. The Kier molecular flexibility index (Phi) is 10.8. The Morgan fingerprint density at radius 2 is 1.21 bits per heavy atom. The van der Waals surface area contributed by atoms with Gasteiger partial charge in [-0.2, -0.15) is 0 Å². The van der Waals surface area contributed by atoms with Crippen LogP contribution in [0.1, 0.15) is 95.6 Å². The van der Waals surface area contributed by atoms with E-state index in [9.17, 15) is 8.78 Å². The minimum Gasteiger partial charge on any atom is -0.236 e. The molecule has 0 fully saturated rings. The van der Waals surface area contributed by atoms with Crippen molar-refractivity contribution in [2.45, 2.75) is 97.3 Å². The van der Waals surface area contributed by atoms with E-state index < -0.39 is 11.6 Å². The van der Waals surface area contributed by atoms with E-state index >= 15 is 0 Å². The van der Waals surface area contributed by atoms with Gasteiger partial charge in [-0.05, 0) is 42.9 Å². The van der Waals surface area contributed by atoms with Crippen LogP contribution in [0.5, 0.6) is 0 Å². The maximum atomic E-state index is 14.5. The fourth-order valence-corrected chi connectivity index (χ4v) is 3.61. The van der Waals surface area contributed by atoms with Gasteiger partial charge in [0.1, 0.15) is 0 Å². The predicted molar refractivity (Wildman–Crippen MR) is 117 cm³/mol. The van der Waals surface area contributed by atoms with Crippen molar-refractivity contribution in [3.63, 3.8) is 0 Å². The third kappa shape index (κ3) is 7.83. The van der Waals surface area contributed by atoms with Gasteiger partial charge in [0.05, 0.1) is 5.56 Å². The molecule has 0 spiro atoms. The second-order valence-electron chi connectivity index (χ2n) is 8.00. The van der Waals surface area contributed by atoms with Crippen molar-refractivity contribution in [1.82, 2.24) is 9.97 Å². The SMILES string of the molecule is CCCCCCCCCc1cnc(-c2ccc(CCCCCC)c(F)c2F)nc1. The van der Waals surface area contributed by atoms with Gasteiger partial charge in [0, 0.05) is 12.4 Å². The van der Waals surface area contributed by atoms with Crippen LogP contribution in [0, 0.1) is 11.6 Å². The molecule has 1 aromatic carbocycles. The van der Waals surface area contributed by atoms with Gasteiger partial charge < -0.3 is 0 Å². The molecule has 0 N–H and O–H groups in total. The summed E-state index contributed by atoms with van der Waals surface area (Å²) >= 11 is 0. The molecule has 0 saturated heterocycles. The first-order valence-corrected chi connectivity index (χ1v) is 11.5. The number of rotatable bonds is 14. The smallest absolute Gasteiger partial charge is 0.170 e. The lowest BCUT2D eigenvalue weighted by atomic mass is 10.0. The van der Waals surface area contributed by atoms with E-state index in [1.807, 2.05) is 0 Å². The lowest BCUT2D eigenvalue weighted by Gasteiger charge is -2.08. The quantitative estimate of drug-likeness (QED) is 0.301. The first-order valence-electron chi connectivity index (χ1n) is 11.5. The predicted octanol–water partition coefficient (Wildman–Crippen LogP) is 7.84. The summed E-state index contributed by atoms with van der Waals surface area (Å²) in [6.45, 7) is 4.36. The van der Waals surface area contributed by atoms with Gasteiger partial charge in [-0.15, -0.1) is 0 Å². The molecule has 0 aliphatic carbocycles. The average Bonchev–Trinajstić information content (AvgIpc) is 2.74. The Morgan fingerprint density at radius 1 is 0.655 bits per heavy atom. The second-order valence-corrected chi connectivity index (χ2v) is 8.00. The topological polar surface area (TPSA) is 25.8 Å². The summed E-state index contributed by atoms with van der Waals surface area (Å²) in [5, 5.41) is 0. The van der Waals surface area contributed by atoms with Crippen molar-refractivity contribution < 1.29 is 8.78 Å². The number of hydrogen-bond donors (Lipinski definition) is 0. The van der Waals surface area contributed by atoms with Crippen LogP contribution in [-0.2, 0) is 12.8 Å². The molecule has 0 amide bonds. The third-order valence-electron chi connectivity index (χ3n) is 5.48. The summed E-state index contributed by atoms with van der Waals surface area (Å²) in [6, 6.07) is 3.29. The average molecular weight is 403 g/mol. The summed E-state index contributed by atoms with van der Waals surface area (Å²) in [4.78, 5) is 8.58. The van der Waals surface area contributed by atoms with Gasteiger partial charge in [0.2, 0.25) is 0 Å².